The molecule has 0 saturated carbocycles. The quantitative estimate of drug-likeness (QED) is 0.308. The zero-order valence-corrected chi connectivity index (χ0v) is 18.2. The van der Waals surface area contributed by atoms with E-state index in [1.54, 1.807) is 33.7 Å². The molecule has 2 aromatic carbocycles. The molecular weight excluding hydrogens is 452 g/mol. The Bertz CT molecular complexity index is 1200. The Kier molecular flexibility index (Phi) is 6.49. The maximum absolute atomic E-state index is 13.4. The molecule has 1 fully saturated rings. The number of halogens is 4. The summed E-state index contributed by atoms with van der Waals surface area (Å²) in [5, 5.41) is 8.51. The number of alkyl halides is 4. The first-order valence-electron chi connectivity index (χ1n) is 10.8. The van der Waals surface area contributed by atoms with Crippen molar-refractivity contribution in [2.75, 3.05) is 19.8 Å². The third-order valence-corrected chi connectivity index (χ3v) is 6.05. The van der Waals surface area contributed by atoms with Gasteiger partial charge in [0, 0.05) is 36.1 Å². The smallest absolute Gasteiger partial charge is 0.406 e. The number of ether oxygens (including phenoxy) is 1. The van der Waals surface area contributed by atoms with Crippen LogP contribution in [0.5, 0.6) is 5.75 Å². The third kappa shape index (κ3) is 5.16. The number of nitrogens with zero attached hydrogens (tertiary/aromatic N) is 2. The molecule has 4 rings (SSSR count). The van der Waals surface area contributed by atoms with Gasteiger partial charge in [0.1, 0.15) is 17.3 Å². The summed E-state index contributed by atoms with van der Waals surface area (Å²) in [5.74, 6) is -0.690. The van der Waals surface area contributed by atoms with Crippen molar-refractivity contribution in [1.29, 1.82) is 5.41 Å². The van der Waals surface area contributed by atoms with Crippen molar-refractivity contribution in [2.45, 2.75) is 25.7 Å². The fourth-order valence-corrected chi connectivity index (χ4v) is 4.20. The molecule has 3 N–H and O–H groups in total. The Morgan fingerprint density at radius 1 is 1.09 bits per heavy atom. The minimum Gasteiger partial charge on any atom is -0.406 e. The molecule has 0 bridgehead atoms. The fraction of sp³-hybridized carbons (Fsp3) is 0.333. The molecule has 2 heterocycles. The van der Waals surface area contributed by atoms with E-state index in [1.165, 1.54) is 24.3 Å². The van der Waals surface area contributed by atoms with Gasteiger partial charge in [0.05, 0.1) is 6.67 Å². The van der Waals surface area contributed by atoms with Gasteiger partial charge in [0.25, 0.3) is 5.91 Å². The van der Waals surface area contributed by atoms with Gasteiger partial charge in [-0.3, -0.25) is 14.6 Å². The van der Waals surface area contributed by atoms with Gasteiger partial charge in [-0.15, -0.1) is 13.2 Å². The average Bonchev–Trinajstić information content (AvgIpc) is 3.16. The Balaban J connectivity index is 1.69. The van der Waals surface area contributed by atoms with E-state index < -0.39 is 13.0 Å². The normalized spacial score (nSPS) is 15.0. The van der Waals surface area contributed by atoms with Crippen LogP contribution in [0.15, 0.2) is 48.5 Å². The van der Waals surface area contributed by atoms with E-state index in [2.05, 4.69) is 4.74 Å². The number of likely N-dealkylation sites (tertiary alicyclic amines) is 1. The second kappa shape index (κ2) is 9.36. The molecule has 1 amide bonds. The van der Waals surface area contributed by atoms with Gasteiger partial charge in [0.15, 0.2) is 0 Å². The summed E-state index contributed by atoms with van der Waals surface area (Å²) >= 11 is 0. The maximum atomic E-state index is 13.4. The van der Waals surface area contributed by atoms with Crippen LogP contribution in [0.1, 0.15) is 34.5 Å². The van der Waals surface area contributed by atoms with Crippen LogP contribution in [0, 0.1) is 11.3 Å². The lowest BCUT2D eigenvalue weighted by Gasteiger charge is -2.31. The first-order valence-corrected chi connectivity index (χ1v) is 10.8. The van der Waals surface area contributed by atoms with Crippen LogP contribution in [-0.2, 0) is 6.54 Å². The van der Waals surface area contributed by atoms with E-state index in [-0.39, 0.29) is 30.0 Å². The average molecular weight is 476 g/mol. The second-order valence-electron chi connectivity index (χ2n) is 8.38. The number of hydrogen-bond acceptors (Lipinski definition) is 3. The van der Waals surface area contributed by atoms with Gasteiger partial charge in [-0.05, 0) is 48.6 Å². The number of rotatable bonds is 6. The number of nitrogens with two attached hydrogens (primary N) is 1. The largest absolute Gasteiger partial charge is 0.573 e. The van der Waals surface area contributed by atoms with Gasteiger partial charge in [-0.25, -0.2) is 0 Å². The number of amides is 1. The van der Waals surface area contributed by atoms with E-state index in [0.717, 1.165) is 5.39 Å². The zero-order valence-electron chi connectivity index (χ0n) is 18.2. The number of nitrogens with one attached hydrogen (secondary N) is 1. The molecule has 3 aromatic rings. The minimum atomic E-state index is -4.78. The number of benzene rings is 2. The van der Waals surface area contributed by atoms with Crippen LogP contribution < -0.4 is 10.5 Å². The van der Waals surface area contributed by atoms with E-state index in [0.29, 0.717) is 48.3 Å². The summed E-state index contributed by atoms with van der Waals surface area (Å²) < 4.78 is 56.1. The van der Waals surface area contributed by atoms with Crippen molar-refractivity contribution < 1.29 is 27.1 Å². The summed E-state index contributed by atoms with van der Waals surface area (Å²) in [5.41, 5.74) is 7.87. The molecule has 0 radical (unpaired) electrons. The molecule has 1 aliphatic heterocycles. The standard InChI is InChI=1S/C24H24F4N4O2/c25-13-15-7-9-31(10-8-15)23(33)21-11-17-3-4-18(22(29)30)12-20(17)32(21)14-16-1-5-19(6-2-16)34-24(26,27)28/h1-6,11-12,15H,7-10,13-14H2,(H3,29,30). The summed E-state index contributed by atoms with van der Waals surface area (Å²) in [6.45, 7) is 0.720. The van der Waals surface area contributed by atoms with E-state index >= 15 is 0 Å². The minimum absolute atomic E-state index is 0.0366. The van der Waals surface area contributed by atoms with Gasteiger partial charge in [-0.2, -0.15) is 0 Å². The predicted octanol–water partition coefficient (Wildman–Crippen LogP) is 4.69. The van der Waals surface area contributed by atoms with Crippen molar-refractivity contribution in [2.24, 2.45) is 11.7 Å². The lowest BCUT2D eigenvalue weighted by molar-refractivity contribution is -0.274. The Labute approximate surface area is 193 Å². The molecule has 1 saturated heterocycles. The molecule has 0 aliphatic carbocycles. The van der Waals surface area contributed by atoms with Crippen LogP contribution in [-0.4, -0.2) is 47.3 Å². The SMILES string of the molecule is N=C(N)c1ccc2cc(C(=O)N3CCC(CF)CC3)n(Cc3ccc(OC(F)(F)F)cc3)c2c1. The maximum Gasteiger partial charge on any atom is 0.573 e. The van der Waals surface area contributed by atoms with E-state index in [9.17, 15) is 22.4 Å². The van der Waals surface area contributed by atoms with Crippen LogP contribution in [0.4, 0.5) is 17.6 Å². The van der Waals surface area contributed by atoms with E-state index in [4.69, 9.17) is 11.1 Å². The third-order valence-electron chi connectivity index (χ3n) is 6.05. The van der Waals surface area contributed by atoms with Crippen molar-refractivity contribution in [3.63, 3.8) is 0 Å². The number of amidine groups is 1. The van der Waals surface area contributed by atoms with Crippen LogP contribution in [0.2, 0.25) is 0 Å². The van der Waals surface area contributed by atoms with Crippen molar-refractivity contribution in [3.8, 4) is 5.75 Å². The van der Waals surface area contributed by atoms with E-state index in [1.807, 2.05) is 0 Å². The number of aromatic nitrogens is 1. The second-order valence-corrected chi connectivity index (χ2v) is 8.38. The highest BCUT2D eigenvalue weighted by molar-refractivity contribution is 6.02. The molecule has 34 heavy (non-hydrogen) atoms. The van der Waals surface area contributed by atoms with Gasteiger partial charge < -0.3 is 19.9 Å². The fourth-order valence-electron chi connectivity index (χ4n) is 4.20. The first-order chi connectivity index (χ1) is 16.1. The molecule has 0 spiro atoms. The van der Waals surface area contributed by atoms with Gasteiger partial charge in [0.2, 0.25) is 0 Å². The molecule has 10 heteroatoms. The van der Waals surface area contributed by atoms with Gasteiger partial charge >= 0.3 is 6.36 Å². The summed E-state index contributed by atoms with van der Waals surface area (Å²) in [6, 6.07) is 12.4. The zero-order chi connectivity index (χ0) is 24.5. The molecule has 0 atom stereocenters. The summed E-state index contributed by atoms with van der Waals surface area (Å²) in [7, 11) is 0. The predicted molar refractivity (Wildman–Crippen MR) is 120 cm³/mol. The Morgan fingerprint density at radius 2 is 1.76 bits per heavy atom. The number of carbonyl (C=O) groups excluding carboxylic acids is 1. The molecule has 180 valence electrons. The molecule has 1 aliphatic rings. The van der Waals surface area contributed by atoms with Crippen molar-refractivity contribution in [3.05, 3.63) is 65.4 Å². The molecule has 0 unspecified atom stereocenters. The first kappa shape index (κ1) is 23.6. The summed E-state index contributed by atoms with van der Waals surface area (Å²) in [4.78, 5) is 15.1. The number of piperidine rings is 1. The topological polar surface area (TPSA) is 84.3 Å². The number of nitrogen functional groups attached to an aromatic ring is 1. The highest BCUT2D eigenvalue weighted by Gasteiger charge is 2.31. The molecule has 6 nitrogen and oxygen atoms in total. The number of fused-ring (bicyclic) bond motifs is 1. The number of hydrogen-bond donors (Lipinski definition) is 2. The van der Waals surface area contributed by atoms with Crippen LogP contribution in [0.25, 0.3) is 10.9 Å². The highest BCUT2D eigenvalue weighted by Crippen LogP contribution is 2.27. The number of carbonyl (C=O) groups is 1. The Morgan fingerprint density at radius 3 is 2.35 bits per heavy atom. The highest BCUT2D eigenvalue weighted by atomic mass is 19.4. The van der Waals surface area contributed by atoms with Crippen molar-refractivity contribution in [1.82, 2.24) is 9.47 Å². The summed E-state index contributed by atoms with van der Waals surface area (Å²) in [6.07, 6.45) is -3.59. The lowest BCUT2D eigenvalue weighted by atomic mass is 9.98. The van der Waals surface area contributed by atoms with Crippen LogP contribution >= 0.6 is 0 Å². The molecular formula is C24H24F4N4O2. The lowest BCUT2D eigenvalue weighted by Crippen LogP contribution is -2.39. The Hall–Kier alpha value is -3.56. The monoisotopic (exact) mass is 476 g/mol. The van der Waals surface area contributed by atoms with Gasteiger partial charge in [-0.1, -0.05) is 24.3 Å². The molecule has 1 aromatic heterocycles. The van der Waals surface area contributed by atoms with Crippen molar-refractivity contribution >= 4 is 22.6 Å². The van der Waals surface area contributed by atoms with Crippen LogP contribution in [0.3, 0.4) is 0 Å².